The molecule has 0 amide bonds. The van der Waals surface area contributed by atoms with Gasteiger partial charge >= 0.3 is 75.6 Å². The maximum absolute atomic E-state index is 12.6. The van der Waals surface area contributed by atoms with E-state index < -0.39 is 6.70 Å². The number of hydrogen-bond donors (Lipinski definition) is 0. The first-order valence-electron chi connectivity index (χ1n) is 3.15. The SMILES string of the molecule is N#C[B-](F)(F)c1ccccc1.[Cs+]. The van der Waals surface area contributed by atoms with Crippen molar-refractivity contribution in [1.82, 2.24) is 0 Å². The van der Waals surface area contributed by atoms with Gasteiger partial charge in [-0.3, -0.25) is 0 Å². The van der Waals surface area contributed by atoms with Gasteiger partial charge in [-0.15, -0.1) is 5.46 Å². The van der Waals surface area contributed by atoms with E-state index in [0.717, 1.165) is 5.97 Å². The Balaban J connectivity index is 0.00000121. The van der Waals surface area contributed by atoms with Gasteiger partial charge in [0.1, 0.15) is 0 Å². The standard InChI is InChI=1S/C7H5BF2N.Cs/c9-8(10,6-11)7-4-2-1-3-5-7;/h1-5H;/q-1;+1. The number of halogens is 2. The van der Waals surface area contributed by atoms with Gasteiger partial charge < -0.3 is 8.63 Å². The van der Waals surface area contributed by atoms with Crippen molar-refractivity contribution >= 4 is 12.2 Å². The molecule has 1 aromatic carbocycles. The summed E-state index contributed by atoms with van der Waals surface area (Å²) in [7, 11) is 0. The smallest absolute Gasteiger partial charge is 0.461 e. The van der Waals surface area contributed by atoms with Gasteiger partial charge in [0.15, 0.2) is 0 Å². The van der Waals surface area contributed by atoms with Crippen molar-refractivity contribution in [2.45, 2.75) is 0 Å². The van der Waals surface area contributed by atoms with Crippen LogP contribution in [0.25, 0.3) is 0 Å². The maximum atomic E-state index is 12.6. The van der Waals surface area contributed by atoms with Crippen molar-refractivity contribution in [3.63, 3.8) is 0 Å². The topological polar surface area (TPSA) is 23.8 Å². The van der Waals surface area contributed by atoms with Crippen molar-refractivity contribution in [1.29, 1.82) is 5.26 Å². The predicted molar refractivity (Wildman–Crippen MR) is 39.7 cm³/mol. The molecular weight excluding hydrogens is 280 g/mol. The van der Waals surface area contributed by atoms with Gasteiger partial charge in [-0.05, 0) is 0 Å². The normalized spacial score (nSPS) is 9.75. The van der Waals surface area contributed by atoms with Crippen molar-refractivity contribution in [2.24, 2.45) is 0 Å². The van der Waals surface area contributed by atoms with Crippen molar-refractivity contribution in [2.75, 3.05) is 0 Å². The fraction of sp³-hybridized carbons (Fsp3) is 0. The summed E-state index contributed by atoms with van der Waals surface area (Å²) in [5, 5.41) is 8.08. The molecule has 0 radical (unpaired) electrons. The van der Waals surface area contributed by atoms with Crippen LogP contribution < -0.4 is 74.4 Å². The zero-order chi connectivity index (χ0) is 8.32. The Morgan fingerprint density at radius 3 is 2.08 bits per heavy atom. The van der Waals surface area contributed by atoms with Crippen LogP contribution in [0.15, 0.2) is 30.3 Å². The number of benzene rings is 1. The van der Waals surface area contributed by atoms with E-state index in [1.54, 1.807) is 6.07 Å². The van der Waals surface area contributed by atoms with Gasteiger partial charge in [-0.25, -0.2) is 5.26 Å². The molecule has 1 aromatic rings. The molecular formula is C7H5BCsF2N. The summed E-state index contributed by atoms with van der Waals surface area (Å²) in [6.07, 6.45) is 0. The Morgan fingerprint density at radius 1 is 1.17 bits per heavy atom. The molecule has 0 aromatic heterocycles. The number of hydrogen-bond acceptors (Lipinski definition) is 1. The molecule has 56 valence electrons. The molecule has 5 heteroatoms. The Labute approximate surface area is 129 Å². The van der Waals surface area contributed by atoms with Crippen LogP contribution in [-0.4, -0.2) is 6.70 Å². The molecule has 0 fully saturated rings. The molecule has 0 aliphatic carbocycles. The summed E-state index contributed by atoms with van der Waals surface area (Å²) in [5.41, 5.74) is -0.199. The third-order valence-electron chi connectivity index (χ3n) is 1.38. The largest absolute Gasteiger partial charge is 1.00 e. The van der Waals surface area contributed by atoms with Gasteiger partial charge in [-0.2, -0.15) is 0 Å². The van der Waals surface area contributed by atoms with Gasteiger partial charge in [0.25, 0.3) is 0 Å². The second-order valence-electron chi connectivity index (χ2n) is 2.20. The third kappa shape index (κ3) is 3.21. The second-order valence-corrected chi connectivity index (χ2v) is 2.20. The van der Waals surface area contributed by atoms with Crippen molar-refractivity contribution in [3.05, 3.63) is 30.3 Å². The van der Waals surface area contributed by atoms with E-state index in [1.807, 2.05) is 0 Å². The Morgan fingerprint density at radius 2 is 1.67 bits per heavy atom. The van der Waals surface area contributed by atoms with E-state index >= 15 is 0 Å². The number of rotatable bonds is 1. The van der Waals surface area contributed by atoms with Crippen LogP contribution in [0.2, 0.25) is 0 Å². The zero-order valence-corrected chi connectivity index (χ0v) is 12.9. The fourth-order valence-corrected chi connectivity index (χ4v) is 0.769. The minimum atomic E-state index is -3.98. The molecule has 0 aliphatic heterocycles. The maximum Gasteiger partial charge on any atom is 1.00 e. The van der Waals surface area contributed by atoms with Crippen LogP contribution >= 0.6 is 0 Å². The van der Waals surface area contributed by atoms with E-state index in [9.17, 15) is 8.63 Å². The van der Waals surface area contributed by atoms with Crippen LogP contribution in [0, 0.1) is 11.2 Å². The molecule has 12 heavy (non-hydrogen) atoms. The number of nitriles is 1. The summed E-state index contributed by atoms with van der Waals surface area (Å²) in [6.45, 7) is -3.98. The van der Waals surface area contributed by atoms with Gasteiger partial charge in [0.05, 0.1) is 0 Å². The molecule has 1 rings (SSSR count). The molecule has 0 bridgehead atoms. The van der Waals surface area contributed by atoms with Gasteiger partial charge in [0.2, 0.25) is 0 Å². The van der Waals surface area contributed by atoms with Gasteiger partial charge in [-0.1, -0.05) is 36.3 Å². The fourth-order valence-electron chi connectivity index (χ4n) is 0.769. The Hall–Kier alpha value is 0.687. The zero-order valence-electron chi connectivity index (χ0n) is 6.67. The van der Waals surface area contributed by atoms with E-state index in [1.165, 1.54) is 24.3 Å². The van der Waals surface area contributed by atoms with E-state index in [0.29, 0.717) is 0 Å². The molecule has 1 nitrogen and oxygen atoms in total. The molecule has 0 atom stereocenters. The second kappa shape index (κ2) is 5.42. The summed E-state index contributed by atoms with van der Waals surface area (Å²) >= 11 is 0. The molecule has 0 N–H and O–H groups in total. The van der Waals surface area contributed by atoms with E-state index in [2.05, 4.69) is 0 Å². The van der Waals surface area contributed by atoms with Crippen LogP contribution in [0.3, 0.4) is 0 Å². The number of nitrogens with zero attached hydrogens (tertiary/aromatic N) is 1. The summed E-state index contributed by atoms with van der Waals surface area (Å²) in [5.74, 6) is 0.987. The minimum Gasteiger partial charge on any atom is -0.461 e. The van der Waals surface area contributed by atoms with Crippen molar-refractivity contribution < 1.29 is 77.5 Å². The van der Waals surface area contributed by atoms with E-state index in [4.69, 9.17) is 5.26 Å². The predicted octanol–water partition coefficient (Wildman–Crippen LogP) is -1.66. The first-order chi connectivity index (χ1) is 5.17. The third-order valence-corrected chi connectivity index (χ3v) is 1.38. The van der Waals surface area contributed by atoms with E-state index in [-0.39, 0.29) is 74.4 Å². The Bertz CT molecular complexity index is 283. The quantitative estimate of drug-likeness (QED) is 0.567. The first-order valence-corrected chi connectivity index (χ1v) is 3.15. The average molecular weight is 285 g/mol. The van der Waals surface area contributed by atoms with Gasteiger partial charge in [0, 0.05) is 0 Å². The van der Waals surface area contributed by atoms with Crippen molar-refractivity contribution in [3.8, 4) is 5.97 Å². The molecule has 0 unspecified atom stereocenters. The molecule has 0 saturated heterocycles. The van der Waals surface area contributed by atoms with Crippen LogP contribution in [0.1, 0.15) is 0 Å². The van der Waals surface area contributed by atoms with Crippen LogP contribution in [0.4, 0.5) is 8.63 Å². The first kappa shape index (κ1) is 12.7. The monoisotopic (exact) mass is 285 g/mol. The summed E-state index contributed by atoms with van der Waals surface area (Å²) in [6, 6.07) is 7.12. The molecule has 0 heterocycles. The minimum absolute atomic E-state index is 0. The van der Waals surface area contributed by atoms with Crippen LogP contribution in [0.5, 0.6) is 0 Å². The Kier molecular flexibility index (Phi) is 5.73. The van der Waals surface area contributed by atoms with Crippen LogP contribution in [-0.2, 0) is 0 Å². The average Bonchev–Trinajstić information content (AvgIpc) is 2.06. The molecule has 0 spiro atoms. The molecule has 0 saturated carbocycles. The summed E-state index contributed by atoms with van der Waals surface area (Å²) < 4.78 is 25.2. The summed E-state index contributed by atoms with van der Waals surface area (Å²) in [4.78, 5) is 0. The molecule has 0 aliphatic rings.